The van der Waals surface area contributed by atoms with E-state index in [2.05, 4.69) is 20.6 Å². The Balaban J connectivity index is 1.26. The summed E-state index contributed by atoms with van der Waals surface area (Å²) in [6.07, 6.45) is 1.32. The number of pyridine rings is 2. The summed E-state index contributed by atoms with van der Waals surface area (Å²) in [6, 6.07) is 14.8. The van der Waals surface area contributed by atoms with Crippen molar-refractivity contribution in [2.75, 3.05) is 20.2 Å². The summed E-state index contributed by atoms with van der Waals surface area (Å²) in [7, 11) is 1.30. The zero-order valence-electron chi connectivity index (χ0n) is 29.4. The van der Waals surface area contributed by atoms with Gasteiger partial charge in [0.2, 0.25) is 17.7 Å². The summed E-state index contributed by atoms with van der Waals surface area (Å²) in [5.41, 5.74) is 8.34. The lowest BCUT2D eigenvalue weighted by Crippen LogP contribution is -2.41. The highest BCUT2D eigenvalue weighted by Gasteiger charge is 2.28. The largest absolute Gasteiger partial charge is 0.481 e. The van der Waals surface area contributed by atoms with Crippen LogP contribution < -0.4 is 26.7 Å². The molecule has 1 aliphatic rings. The molecule has 286 valence electrons. The number of carbonyl (C=O) groups excluding carboxylic acids is 2. The molecule has 5 aromatic rings. The number of rotatable bonds is 14. The molecule has 2 aromatic carbocycles. The van der Waals surface area contributed by atoms with E-state index in [1.165, 1.54) is 17.7 Å². The normalized spacial score (nSPS) is 14.5. The first-order chi connectivity index (χ1) is 26.3. The molecule has 6 rings (SSSR count). The highest BCUT2D eigenvalue weighted by atomic mass is 35.5. The van der Waals surface area contributed by atoms with Crippen LogP contribution in [0.2, 0.25) is 10.0 Å². The number of halogens is 3. The van der Waals surface area contributed by atoms with E-state index in [9.17, 15) is 29.4 Å². The molecule has 17 heteroatoms. The fourth-order valence-electron chi connectivity index (χ4n) is 6.43. The lowest BCUT2D eigenvalue weighted by atomic mass is 9.97. The molecular weight excluding hydrogens is 756 g/mol. The molecule has 1 aliphatic heterocycles. The van der Waals surface area contributed by atoms with E-state index < -0.39 is 23.9 Å². The van der Waals surface area contributed by atoms with Gasteiger partial charge in [-0.1, -0.05) is 59.6 Å². The van der Waals surface area contributed by atoms with E-state index in [0.717, 1.165) is 11.0 Å². The molecule has 4 heterocycles. The molecule has 6 N–H and O–H groups in total. The monoisotopic (exact) mass is 791 g/mol. The number of aromatic nitrogens is 3. The van der Waals surface area contributed by atoms with Crippen LogP contribution in [0.1, 0.15) is 30.4 Å². The SMILES string of the molecule is COc1nc(-c2cccc(-c3cccc(-c4ccn5c(=O)c(CNC[C@@H](O)CC(N)=O)cnc5c4)c3Cl)c2Cl)cc(F)c1CN(C[C@@H]1CCC(=O)N1)C(=O)O. The molecule has 14 nitrogen and oxygen atoms in total. The van der Waals surface area contributed by atoms with Gasteiger partial charge in [-0.3, -0.25) is 18.8 Å². The number of fused-ring (bicyclic) bond motifs is 1. The number of benzene rings is 2. The fraction of sp³-hybridized carbons (Fsp3) is 0.263. The Morgan fingerprint density at radius 3 is 2.45 bits per heavy atom. The second-order valence-corrected chi connectivity index (χ2v) is 13.7. The molecule has 0 saturated carbocycles. The molecule has 55 heavy (non-hydrogen) atoms. The number of hydrogen-bond donors (Lipinski definition) is 5. The predicted molar refractivity (Wildman–Crippen MR) is 203 cm³/mol. The second kappa shape index (κ2) is 16.8. The molecule has 0 aliphatic carbocycles. The van der Waals surface area contributed by atoms with Crippen LogP contribution >= 0.6 is 23.2 Å². The molecule has 3 aromatic heterocycles. The van der Waals surface area contributed by atoms with Gasteiger partial charge < -0.3 is 36.2 Å². The average molecular weight is 793 g/mol. The first-order valence-corrected chi connectivity index (χ1v) is 17.9. The molecule has 0 bridgehead atoms. The predicted octanol–water partition coefficient (Wildman–Crippen LogP) is 4.63. The first-order valence-electron chi connectivity index (χ1n) is 17.1. The smallest absolute Gasteiger partial charge is 0.407 e. The third-order valence-corrected chi connectivity index (χ3v) is 9.97. The number of amides is 3. The quantitative estimate of drug-likeness (QED) is 0.106. The Hall–Kier alpha value is -5.61. The van der Waals surface area contributed by atoms with E-state index >= 15 is 4.39 Å². The van der Waals surface area contributed by atoms with Crippen molar-refractivity contribution >= 4 is 46.8 Å². The number of nitrogens with zero attached hydrogens (tertiary/aromatic N) is 4. The van der Waals surface area contributed by atoms with Crippen LogP contribution in [0, 0.1) is 5.82 Å². The van der Waals surface area contributed by atoms with Gasteiger partial charge in [0.15, 0.2) is 0 Å². The molecule has 0 unspecified atom stereocenters. The zero-order chi connectivity index (χ0) is 39.4. The van der Waals surface area contributed by atoms with Crippen LogP contribution in [-0.4, -0.2) is 79.7 Å². The molecule has 1 fully saturated rings. The van der Waals surface area contributed by atoms with Crippen molar-refractivity contribution in [2.24, 2.45) is 5.73 Å². The highest BCUT2D eigenvalue weighted by molar-refractivity contribution is 6.39. The molecule has 0 radical (unpaired) electrons. The number of primary amides is 1. The van der Waals surface area contributed by atoms with E-state index in [-0.39, 0.29) is 72.3 Å². The number of carbonyl (C=O) groups is 3. The maximum absolute atomic E-state index is 15.8. The van der Waals surface area contributed by atoms with Crippen molar-refractivity contribution in [1.82, 2.24) is 29.9 Å². The molecule has 2 atom stereocenters. The minimum atomic E-state index is -1.29. The van der Waals surface area contributed by atoms with E-state index in [0.29, 0.717) is 56.9 Å². The lowest BCUT2D eigenvalue weighted by Gasteiger charge is -2.24. The maximum Gasteiger partial charge on any atom is 0.407 e. The summed E-state index contributed by atoms with van der Waals surface area (Å²) in [5, 5.41) is 25.9. The number of hydrogen-bond acceptors (Lipinski definition) is 9. The van der Waals surface area contributed by atoms with Gasteiger partial charge in [-0.25, -0.2) is 19.2 Å². The summed E-state index contributed by atoms with van der Waals surface area (Å²) in [5.74, 6) is -1.67. The van der Waals surface area contributed by atoms with Gasteiger partial charge >= 0.3 is 6.09 Å². The van der Waals surface area contributed by atoms with Gasteiger partial charge in [-0.2, -0.15) is 0 Å². The first kappa shape index (κ1) is 39.1. The Labute approximate surface area is 323 Å². The zero-order valence-corrected chi connectivity index (χ0v) is 30.9. The molecule has 3 amide bonds. The number of aliphatic hydroxyl groups excluding tert-OH is 1. The molecule has 0 spiro atoms. The van der Waals surface area contributed by atoms with Gasteiger partial charge in [0, 0.05) is 78.4 Å². The third kappa shape index (κ3) is 8.70. The standard InChI is InChI=1S/C38H36Cl2FN7O7/c1-55-36-28(19-47(38(53)54)18-22-8-9-33(51)45-22)29(41)14-30(46-36)27-7-3-6-26(35(27)40)25-5-2-4-24(34(25)39)20-10-11-48-32(12-20)44-16-21(37(48)52)15-43-17-23(49)13-31(42)50/h2-7,10-12,14,16,22-23,43,49H,8-9,13,15,17-19H2,1H3,(H2,42,50)(H,45,51)(H,53,54)/t22-,23-/m0/s1. The van der Waals surface area contributed by atoms with Crippen molar-refractivity contribution < 1.29 is 33.7 Å². The Morgan fingerprint density at radius 1 is 1.11 bits per heavy atom. The Morgan fingerprint density at radius 2 is 1.80 bits per heavy atom. The number of ether oxygens (including phenoxy) is 1. The van der Waals surface area contributed by atoms with Crippen molar-refractivity contribution in [3.63, 3.8) is 0 Å². The summed E-state index contributed by atoms with van der Waals surface area (Å²) >= 11 is 14.0. The highest BCUT2D eigenvalue weighted by Crippen LogP contribution is 2.42. The van der Waals surface area contributed by atoms with Crippen molar-refractivity contribution in [1.29, 1.82) is 0 Å². The van der Waals surface area contributed by atoms with Gasteiger partial charge in [-0.15, -0.1) is 0 Å². The van der Waals surface area contributed by atoms with Gasteiger partial charge in [-0.05, 0) is 24.1 Å². The van der Waals surface area contributed by atoms with Crippen LogP contribution in [-0.2, 0) is 22.7 Å². The minimum absolute atomic E-state index is 0.0275. The van der Waals surface area contributed by atoms with Crippen molar-refractivity contribution in [3.8, 4) is 39.4 Å². The second-order valence-electron chi connectivity index (χ2n) is 13.0. The summed E-state index contributed by atoms with van der Waals surface area (Å²) in [4.78, 5) is 57.8. The van der Waals surface area contributed by atoms with Crippen molar-refractivity contribution in [3.05, 3.63) is 104 Å². The fourth-order valence-corrected chi connectivity index (χ4v) is 7.09. The maximum atomic E-state index is 15.8. The van der Waals surface area contributed by atoms with Gasteiger partial charge in [0.05, 0.1) is 47.5 Å². The van der Waals surface area contributed by atoms with Crippen molar-refractivity contribution in [2.45, 2.75) is 44.5 Å². The summed E-state index contributed by atoms with van der Waals surface area (Å²) < 4.78 is 22.6. The average Bonchev–Trinajstić information content (AvgIpc) is 3.56. The van der Waals surface area contributed by atoms with Crippen LogP contribution in [0.25, 0.3) is 39.2 Å². The summed E-state index contributed by atoms with van der Waals surface area (Å²) in [6.45, 7) is -0.204. The number of carboxylic acid groups (broad SMARTS) is 1. The Kier molecular flexibility index (Phi) is 12.0. The van der Waals surface area contributed by atoms with Crippen LogP contribution in [0.4, 0.5) is 9.18 Å². The number of nitrogens with one attached hydrogen (secondary N) is 2. The molecular formula is C38H36Cl2FN7O7. The van der Waals surface area contributed by atoms with Crippen LogP contribution in [0.15, 0.2) is 71.8 Å². The molecule has 1 saturated heterocycles. The van der Waals surface area contributed by atoms with Crippen LogP contribution in [0.5, 0.6) is 5.88 Å². The lowest BCUT2D eigenvalue weighted by molar-refractivity contribution is -0.120. The van der Waals surface area contributed by atoms with Gasteiger partial charge in [0.1, 0.15) is 11.5 Å². The van der Waals surface area contributed by atoms with E-state index in [1.807, 2.05) is 6.07 Å². The van der Waals surface area contributed by atoms with Crippen LogP contribution in [0.3, 0.4) is 0 Å². The topological polar surface area (TPSA) is 201 Å². The van der Waals surface area contributed by atoms with Gasteiger partial charge in [0.25, 0.3) is 5.56 Å². The number of aliphatic hydroxyl groups is 1. The van der Waals surface area contributed by atoms with E-state index in [1.54, 1.807) is 48.7 Å². The number of methoxy groups -OCH3 is 1. The third-order valence-electron chi connectivity index (χ3n) is 9.16. The number of nitrogens with two attached hydrogens (primary N) is 1. The van der Waals surface area contributed by atoms with E-state index in [4.69, 9.17) is 33.7 Å². The minimum Gasteiger partial charge on any atom is -0.481 e. The Bertz CT molecular complexity index is 2360.